The lowest BCUT2D eigenvalue weighted by atomic mass is 10.0. The summed E-state index contributed by atoms with van der Waals surface area (Å²) < 4.78 is 0. The third-order valence-corrected chi connectivity index (χ3v) is 2.77. The van der Waals surface area contributed by atoms with Crippen LogP contribution in [-0.2, 0) is 16.0 Å². The van der Waals surface area contributed by atoms with E-state index in [9.17, 15) is 19.8 Å². The van der Waals surface area contributed by atoms with Crippen molar-refractivity contribution in [3.05, 3.63) is 23.8 Å². The van der Waals surface area contributed by atoms with Gasteiger partial charge in [-0.3, -0.25) is 4.79 Å². The fraction of sp³-hybridized carbons (Fsp3) is 0.286. The number of hydrogen-bond donors (Lipinski definition) is 5. The molecular formula is C14H16N2O5. The van der Waals surface area contributed by atoms with Gasteiger partial charge in [0.2, 0.25) is 5.91 Å². The summed E-state index contributed by atoms with van der Waals surface area (Å²) in [4.78, 5) is 22.8. The highest BCUT2D eigenvalue weighted by molar-refractivity contribution is 5.87. The van der Waals surface area contributed by atoms with Gasteiger partial charge in [0.25, 0.3) is 0 Å². The van der Waals surface area contributed by atoms with Crippen LogP contribution in [0.2, 0.25) is 0 Å². The lowest BCUT2D eigenvalue weighted by Crippen LogP contribution is -2.49. The standard InChI is InChI=1S/C14H16N2O5/c1-2-3-9(15)13(19)16-10(14(20)21)6-8-4-5-11(17)12(18)7-8/h1,4-5,7,9-10,17-18H,3,6,15H2,(H,16,19)(H,20,21). The summed E-state index contributed by atoms with van der Waals surface area (Å²) in [5.41, 5.74) is 5.93. The first-order valence-corrected chi connectivity index (χ1v) is 6.08. The van der Waals surface area contributed by atoms with Gasteiger partial charge in [0.05, 0.1) is 6.04 Å². The molecule has 0 saturated heterocycles. The Morgan fingerprint density at radius 2 is 2.00 bits per heavy atom. The van der Waals surface area contributed by atoms with Crippen molar-refractivity contribution in [2.24, 2.45) is 5.73 Å². The summed E-state index contributed by atoms with van der Waals surface area (Å²) in [6.45, 7) is 0. The van der Waals surface area contributed by atoms with E-state index in [1.807, 2.05) is 0 Å². The minimum absolute atomic E-state index is 0.00182. The van der Waals surface area contributed by atoms with Crippen molar-refractivity contribution in [1.29, 1.82) is 0 Å². The number of carbonyl (C=O) groups excluding carboxylic acids is 1. The Labute approximate surface area is 121 Å². The maximum atomic E-state index is 11.7. The fourth-order valence-electron chi connectivity index (χ4n) is 1.63. The van der Waals surface area contributed by atoms with Gasteiger partial charge in [-0.25, -0.2) is 4.79 Å². The Balaban J connectivity index is 2.79. The van der Waals surface area contributed by atoms with Crippen molar-refractivity contribution in [3.63, 3.8) is 0 Å². The van der Waals surface area contributed by atoms with E-state index in [2.05, 4.69) is 11.2 Å². The average molecular weight is 292 g/mol. The molecule has 2 unspecified atom stereocenters. The second kappa shape index (κ2) is 7.17. The first-order chi connectivity index (χ1) is 9.85. The SMILES string of the molecule is C#CCC(N)C(=O)NC(Cc1ccc(O)c(O)c1)C(=O)O. The van der Waals surface area contributed by atoms with Gasteiger partial charge < -0.3 is 26.4 Å². The molecule has 0 saturated carbocycles. The molecule has 0 spiro atoms. The Kier molecular flexibility index (Phi) is 5.57. The highest BCUT2D eigenvalue weighted by Crippen LogP contribution is 2.25. The molecule has 1 rings (SSSR count). The van der Waals surface area contributed by atoms with Gasteiger partial charge in [0.1, 0.15) is 6.04 Å². The fourth-order valence-corrected chi connectivity index (χ4v) is 1.63. The van der Waals surface area contributed by atoms with Crippen molar-refractivity contribution in [1.82, 2.24) is 5.32 Å². The molecule has 1 aromatic rings. The number of carboxylic acids is 1. The molecule has 112 valence electrons. The second-order valence-electron chi connectivity index (χ2n) is 4.44. The molecule has 6 N–H and O–H groups in total. The quantitative estimate of drug-likeness (QED) is 0.356. The van der Waals surface area contributed by atoms with Crippen LogP contribution in [0.15, 0.2) is 18.2 Å². The highest BCUT2D eigenvalue weighted by Gasteiger charge is 2.23. The number of nitrogens with two attached hydrogens (primary N) is 1. The predicted molar refractivity (Wildman–Crippen MR) is 74.5 cm³/mol. The smallest absolute Gasteiger partial charge is 0.326 e. The number of phenolic OH excluding ortho intramolecular Hbond substituents is 2. The van der Waals surface area contributed by atoms with Crippen molar-refractivity contribution >= 4 is 11.9 Å². The topological polar surface area (TPSA) is 133 Å². The van der Waals surface area contributed by atoms with Crippen LogP contribution in [0.5, 0.6) is 11.5 Å². The zero-order chi connectivity index (χ0) is 16.0. The molecule has 0 aliphatic carbocycles. The molecule has 7 nitrogen and oxygen atoms in total. The van der Waals surface area contributed by atoms with Crippen LogP contribution in [-0.4, -0.2) is 39.3 Å². The van der Waals surface area contributed by atoms with Crippen LogP contribution in [0, 0.1) is 12.3 Å². The van der Waals surface area contributed by atoms with Crippen LogP contribution in [0.4, 0.5) is 0 Å². The molecule has 21 heavy (non-hydrogen) atoms. The van der Waals surface area contributed by atoms with Crippen LogP contribution >= 0.6 is 0 Å². The number of terminal acetylenes is 1. The number of nitrogens with one attached hydrogen (secondary N) is 1. The van der Waals surface area contributed by atoms with Gasteiger partial charge in [-0.1, -0.05) is 6.07 Å². The molecule has 1 amide bonds. The van der Waals surface area contributed by atoms with E-state index in [0.29, 0.717) is 5.56 Å². The minimum atomic E-state index is -1.25. The largest absolute Gasteiger partial charge is 0.504 e. The van der Waals surface area contributed by atoms with Crippen molar-refractivity contribution in [2.75, 3.05) is 0 Å². The monoisotopic (exact) mass is 292 g/mol. The van der Waals surface area contributed by atoms with Crippen molar-refractivity contribution in [3.8, 4) is 23.8 Å². The third kappa shape index (κ3) is 4.71. The number of carboxylic acid groups (broad SMARTS) is 1. The van der Waals surface area contributed by atoms with Crippen LogP contribution in [0.25, 0.3) is 0 Å². The number of aliphatic carboxylic acids is 1. The van der Waals surface area contributed by atoms with E-state index < -0.39 is 24.0 Å². The minimum Gasteiger partial charge on any atom is -0.504 e. The molecule has 1 aromatic carbocycles. The van der Waals surface area contributed by atoms with Gasteiger partial charge in [-0.15, -0.1) is 12.3 Å². The third-order valence-electron chi connectivity index (χ3n) is 2.77. The maximum absolute atomic E-state index is 11.7. The highest BCUT2D eigenvalue weighted by atomic mass is 16.4. The van der Waals surface area contributed by atoms with Crippen molar-refractivity contribution in [2.45, 2.75) is 24.9 Å². The summed E-state index contributed by atoms with van der Waals surface area (Å²) >= 11 is 0. The van der Waals surface area contributed by atoms with E-state index in [1.165, 1.54) is 18.2 Å². The Hall–Kier alpha value is -2.72. The molecule has 0 bridgehead atoms. The van der Waals surface area contributed by atoms with Crippen molar-refractivity contribution < 1.29 is 24.9 Å². The van der Waals surface area contributed by atoms with Crippen LogP contribution in [0.3, 0.4) is 0 Å². The molecular weight excluding hydrogens is 276 g/mol. The molecule has 0 fully saturated rings. The molecule has 0 aromatic heterocycles. The molecule has 0 aliphatic rings. The number of hydrogen-bond acceptors (Lipinski definition) is 5. The number of carbonyl (C=O) groups is 2. The number of aromatic hydroxyl groups is 2. The zero-order valence-electron chi connectivity index (χ0n) is 11.1. The van der Waals surface area contributed by atoms with E-state index in [-0.39, 0.29) is 24.3 Å². The van der Waals surface area contributed by atoms with E-state index in [1.54, 1.807) is 0 Å². The van der Waals surface area contributed by atoms with Gasteiger partial charge in [0, 0.05) is 12.8 Å². The first-order valence-electron chi connectivity index (χ1n) is 6.08. The number of benzene rings is 1. The van der Waals surface area contributed by atoms with E-state index in [4.69, 9.17) is 17.3 Å². The summed E-state index contributed by atoms with van der Waals surface area (Å²) in [5.74, 6) is -0.373. The van der Waals surface area contributed by atoms with Crippen LogP contribution in [0.1, 0.15) is 12.0 Å². The molecule has 0 heterocycles. The van der Waals surface area contributed by atoms with E-state index in [0.717, 1.165) is 0 Å². The molecule has 0 aliphatic heterocycles. The lowest BCUT2D eigenvalue weighted by molar-refractivity contribution is -0.141. The second-order valence-corrected chi connectivity index (χ2v) is 4.44. The number of rotatable bonds is 6. The molecule has 7 heteroatoms. The van der Waals surface area contributed by atoms with Gasteiger partial charge >= 0.3 is 5.97 Å². The lowest BCUT2D eigenvalue weighted by Gasteiger charge is -2.17. The molecule has 0 radical (unpaired) electrons. The normalized spacial score (nSPS) is 13.0. The Morgan fingerprint density at radius 1 is 1.33 bits per heavy atom. The first kappa shape index (κ1) is 16.3. The Morgan fingerprint density at radius 3 is 2.52 bits per heavy atom. The maximum Gasteiger partial charge on any atom is 0.326 e. The summed E-state index contributed by atoms with van der Waals surface area (Å²) in [5, 5.41) is 29.9. The number of phenols is 2. The van der Waals surface area contributed by atoms with Gasteiger partial charge in [0.15, 0.2) is 11.5 Å². The summed E-state index contributed by atoms with van der Waals surface area (Å²) in [6.07, 6.45) is 4.96. The predicted octanol–water partition coefficient (Wildman–Crippen LogP) is -0.440. The Bertz CT molecular complexity index is 579. The molecule has 2 atom stereocenters. The summed E-state index contributed by atoms with van der Waals surface area (Å²) in [7, 11) is 0. The summed E-state index contributed by atoms with van der Waals surface area (Å²) in [6, 6.07) is 1.70. The zero-order valence-corrected chi connectivity index (χ0v) is 11.1. The average Bonchev–Trinajstić information content (AvgIpc) is 2.42. The van der Waals surface area contributed by atoms with Gasteiger partial charge in [-0.05, 0) is 17.7 Å². The van der Waals surface area contributed by atoms with Crippen LogP contribution < -0.4 is 11.1 Å². The van der Waals surface area contributed by atoms with E-state index >= 15 is 0 Å². The van der Waals surface area contributed by atoms with Gasteiger partial charge in [-0.2, -0.15) is 0 Å². The number of amides is 1.